The zero-order valence-electron chi connectivity index (χ0n) is 9.88. The first kappa shape index (κ1) is 12.7. The summed E-state index contributed by atoms with van der Waals surface area (Å²) in [5.74, 6) is 0. The van der Waals surface area contributed by atoms with E-state index in [9.17, 15) is 10.1 Å². The van der Waals surface area contributed by atoms with Gasteiger partial charge in [0.15, 0.2) is 6.17 Å². The van der Waals surface area contributed by atoms with Gasteiger partial charge in [-0.3, -0.25) is 15.4 Å². The topological polar surface area (TPSA) is 61.6 Å². The van der Waals surface area contributed by atoms with Gasteiger partial charge in [-0.25, -0.2) is 0 Å². The summed E-state index contributed by atoms with van der Waals surface area (Å²) in [6.07, 6.45) is 4.69. The van der Waals surface area contributed by atoms with Gasteiger partial charge in [-0.15, -0.1) is 0 Å². The third-order valence-corrected chi connectivity index (χ3v) is 2.38. The molecule has 1 aliphatic heterocycles. The molecule has 0 saturated heterocycles. The summed E-state index contributed by atoms with van der Waals surface area (Å²) in [5.41, 5.74) is 0.184. The summed E-state index contributed by atoms with van der Waals surface area (Å²) in [7, 11) is 5.76. The Bertz CT molecular complexity index is 312. The first-order chi connectivity index (χ1) is 7.52. The number of likely N-dealkylation sites (N-methyl/N-ethyl adjacent to an activating group) is 2. The van der Waals surface area contributed by atoms with Crippen LogP contribution in [0.3, 0.4) is 0 Å². The average molecular weight is 226 g/mol. The van der Waals surface area contributed by atoms with Gasteiger partial charge in [0.25, 0.3) is 5.70 Å². The van der Waals surface area contributed by atoms with Crippen molar-refractivity contribution < 1.29 is 4.92 Å². The van der Waals surface area contributed by atoms with E-state index in [0.717, 1.165) is 6.54 Å². The molecule has 1 unspecified atom stereocenters. The quantitative estimate of drug-likeness (QED) is 0.531. The highest BCUT2D eigenvalue weighted by Gasteiger charge is 2.28. The highest BCUT2D eigenvalue weighted by Crippen LogP contribution is 2.12. The van der Waals surface area contributed by atoms with Gasteiger partial charge < -0.3 is 9.80 Å². The van der Waals surface area contributed by atoms with Crippen LogP contribution < -0.4 is 5.32 Å². The van der Waals surface area contributed by atoms with Crippen LogP contribution in [0.5, 0.6) is 0 Å². The van der Waals surface area contributed by atoms with Crippen molar-refractivity contribution >= 4 is 0 Å². The monoisotopic (exact) mass is 226 g/mol. The summed E-state index contributed by atoms with van der Waals surface area (Å²) in [6.45, 7) is 1.56. The maximum absolute atomic E-state index is 10.8. The molecule has 0 bridgehead atoms. The molecular weight excluding hydrogens is 208 g/mol. The van der Waals surface area contributed by atoms with Crippen molar-refractivity contribution in [2.24, 2.45) is 0 Å². The van der Waals surface area contributed by atoms with Gasteiger partial charge in [-0.2, -0.15) is 0 Å². The van der Waals surface area contributed by atoms with Gasteiger partial charge in [0.05, 0.1) is 4.92 Å². The second-order valence-electron chi connectivity index (χ2n) is 4.02. The minimum Gasteiger partial charge on any atom is -0.356 e. The van der Waals surface area contributed by atoms with E-state index in [-0.39, 0.29) is 16.8 Å². The van der Waals surface area contributed by atoms with E-state index < -0.39 is 0 Å². The number of hydrogen-bond donors (Lipinski definition) is 1. The van der Waals surface area contributed by atoms with Crippen LogP contribution in [-0.4, -0.2) is 55.1 Å². The summed E-state index contributed by atoms with van der Waals surface area (Å²) in [4.78, 5) is 14.3. The lowest BCUT2D eigenvalue weighted by molar-refractivity contribution is -0.433. The molecule has 0 aromatic rings. The number of rotatable bonds is 5. The molecule has 0 aliphatic carbocycles. The van der Waals surface area contributed by atoms with Crippen LogP contribution in [0.4, 0.5) is 0 Å². The standard InChI is InChI=1S/C10H18N4O2/c1-12(2)8-6-11-10-9(14(15)16)5-4-7-13(10)3/h4-5,7,10-11H,6,8H2,1-3H3. The van der Waals surface area contributed by atoms with Crippen molar-refractivity contribution in [3.63, 3.8) is 0 Å². The van der Waals surface area contributed by atoms with Gasteiger partial charge >= 0.3 is 0 Å². The minimum absolute atomic E-state index is 0.184. The molecule has 6 nitrogen and oxygen atoms in total. The lowest BCUT2D eigenvalue weighted by Gasteiger charge is -2.27. The van der Waals surface area contributed by atoms with Gasteiger partial charge in [0.1, 0.15) is 0 Å². The lowest BCUT2D eigenvalue weighted by Crippen LogP contribution is -2.47. The van der Waals surface area contributed by atoms with Crippen molar-refractivity contribution in [3.8, 4) is 0 Å². The van der Waals surface area contributed by atoms with Crippen LogP contribution in [-0.2, 0) is 0 Å². The van der Waals surface area contributed by atoms with Gasteiger partial charge in [-0.05, 0) is 20.2 Å². The maximum atomic E-state index is 10.8. The normalized spacial score (nSPS) is 20.1. The Balaban J connectivity index is 2.58. The van der Waals surface area contributed by atoms with Crippen molar-refractivity contribution in [1.29, 1.82) is 0 Å². The smallest absolute Gasteiger partial charge is 0.283 e. The molecule has 1 N–H and O–H groups in total. The van der Waals surface area contributed by atoms with Crippen LogP contribution >= 0.6 is 0 Å². The number of allylic oxidation sites excluding steroid dienone is 2. The molecule has 0 amide bonds. The molecule has 90 valence electrons. The number of nitrogens with one attached hydrogen (secondary N) is 1. The van der Waals surface area contributed by atoms with Crippen LogP contribution in [0.2, 0.25) is 0 Å². The Morgan fingerprint density at radius 3 is 2.88 bits per heavy atom. The van der Waals surface area contributed by atoms with Crippen molar-refractivity contribution in [1.82, 2.24) is 15.1 Å². The molecule has 0 spiro atoms. The van der Waals surface area contributed by atoms with E-state index >= 15 is 0 Å². The Morgan fingerprint density at radius 2 is 2.31 bits per heavy atom. The van der Waals surface area contributed by atoms with E-state index in [1.54, 1.807) is 11.0 Å². The second kappa shape index (κ2) is 5.62. The number of nitro groups is 1. The molecule has 0 saturated carbocycles. The minimum atomic E-state index is -0.347. The van der Waals surface area contributed by atoms with E-state index in [1.807, 2.05) is 32.2 Å². The molecule has 0 aromatic heterocycles. The third kappa shape index (κ3) is 3.32. The van der Waals surface area contributed by atoms with Gasteiger partial charge in [0.2, 0.25) is 0 Å². The molecule has 6 heteroatoms. The molecule has 16 heavy (non-hydrogen) atoms. The SMILES string of the molecule is CN(C)CCNC1C([N+](=O)[O-])=CC=CN1C. The summed E-state index contributed by atoms with van der Waals surface area (Å²) in [5, 5.41) is 14.0. The second-order valence-corrected chi connectivity index (χ2v) is 4.02. The molecule has 1 atom stereocenters. The van der Waals surface area contributed by atoms with Crippen LogP contribution in [0, 0.1) is 10.1 Å². The fourth-order valence-corrected chi connectivity index (χ4v) is 1.50. The maximum Gasteiger partial charge on any atom is 0.283 e. The lowest BCUT2D eigenvalue weighted by atomic mass is 10.2. The van der Waals surface area contributed by atoms with Crippen LogP contribution in [0.1, 0.15) is 0 Å². The van der Waals surface area contributed by atoms with Crippen LogP contribution in [0.15, 0.2) is 24.0 Å². The number of nitrogens with zero attached hydrogens (tertiary/aromatic N) is 3. The van der Waals surface area contributed by atoms with E-state index in [1.165, 1.54) is 6.08 Å². The molecule has 1 rings (SSSR count). The Hall–Kier alpha value is -1.40. The molecule has 1 heterocycles. The Morgan fingerprint density at radius 1 is 1.62 bits per heavy atom. The fraction of sp³-hybridized carbons (Fsp3) is 0.600. The van der Waals surface area contributed by atoms with E-state index in [4.69, 9.17) is 0 Å². The summed E-state index contributed by atoms with van der Waals surface area (Å²) < 4.78 is 0. The van der Waals surface area contributed by atoms with Crippen molar-refractivity contribution in [2.45, 2.75) is 6.17 Å². The third-order valence-electron chi connectivity index (χ3n) is 2.38. The van der Waals surface area contributed by atoms with Crippen LogP contribution in [0.25, 0.3) is 0 Å². The molecule has 0 aromatic carbocycles. The summed E-state index contributed by atoms with van der Waals surface area (Å²) in [6, 6.07) is 0. The molecular formula is C10H18N4O2. The van der Waals surface area contributed by atoms with Gasteiger partial charge in [0, 0.05) is 32.4 Å². The van der Waals surface area contributed by atoms with Crippen molar-refractivity contribution in [3.05, 3.63) is 34.2 Å². The zero-order chi connectivity index (χ0) is 12.1. The average Bonchev–Trinajstić information content (AvgIpc) is 2.19. The first-order valence-electron chi connectivity index (χ1n) is 5.15. The Kier molecular flexibility index (Phi) is 4.45. The first-order valence-corrected chi connectivity index (χ1v) is 5.15. The largest absolute Gasteiger partial charge is 0.356 e. The fourth-order valence-electron chi connectivity index (χ4n) is 1.50. The van der Waals surface area contributed by atoms with Crippen molar-refractivity contribution in [2.75, 3.05) is 34.2 Å². The number of hydrogen-bond acceptors (Lipinski definition) is 5. The van der Waals surface area contributed by atoms with E-state index in [2.05, 4.69) is 5.32 Å². The highest BCUT2D eigenvalue weighted by atomic mass is 16.6. The Labute approximate surface area is 95.4 Å². The summed E-state index contributed by atoms with van der Waals surface area (Å²) >= 11 is 0. The molecule has 0 radical (unpaired) electrons. The van der Waals surface area contributed by atoms with Gasteiger partial charge in [-0.1, -0.05) is 0 Å². The zero-order valence-corrected chi connectivity index (χ0v) is 9.88. The highest BCUT2D eigenvalue weighted by molar-refractivity contribution is 5.17. The van der Waals surface area contributed by atoms with E-state index in [0.29, 0.717) is 6.54 Å². The predicted octanol–water partition coefficient (Wildman–Crippen LogP) is 0.0834. The predicted molar refractivity (Wildman–Crippen MR) is 62.3 cm³/mol. The molecule has 0 fully saturated rings. The molecule has 1 aliphatic rings.